The van der Waals surface area contributed by atoms with Crippen molar-refractivity contribution in [2.24, 2.45) is 0 Å². The minimum absolute atomic E-state index is 0.0579. The molecule has 1 aliphatic heterocycles. The van der Waals surface area contributed by atoms with Gasteiger partial charge in [0.1, 0.15) is 4.90 Å². The minimum atomic E-state index is -4.74. The van der Waals surface area contributed by atoms with Crippen LogP contribution in [0.3, 0.4) is 0 Å². The number of carbonyl (C=O) groups is 1. The third-order valence-corrected chi connectivity index (χ3v) is 6.10. The van der Waals surface area contributed by atoms with E-state index in [0.717, 1.165) is 6.07 Å². The van der Waals surface area contributed by atoms with E-state index < -0.39 is 32.6 Å². The second kappa shape index (κ2) is 8.21. The molecular formula is C18H16ClF3N2O4S. The van der Waals surface area contributed by atoms with Crippen molar-refractivity contribution in [1.29, 1.82) is 0 Å². The van der Waals surface area contributed by atoms with Gasteiger partial charge in [-0.05, 0) is 30.3 Å². The molecule has 0 bridgehead atoms. The van der Waals surface area contributed by atoms with E-state index in [-0.39, 0.29) is 16.3 Å². The Morgan fingerprint density at radius 2 is 1.76 bits per heavy atom. The lowest BCUT2D eigenvalue weighted by Crippen LogP contribution is -2.41. The number of carbonyl (C=O) groups excluding carboxylic acids is 1. The van der Waals surface area contributed by atoms with Crippen molar-refractivity contribution in [2.75, 3.05) is 31.0 Å². The summed E-state index contributed by atoms with van der Waals surface area (Å²) in [7, 11) is -4.49. The van der Waals surface area contributed by atoms with Crippen molar-refractivity contribution >= 4 is 33.2 Å². The highest BCUT2D eigenvalue weighted by Gasteiger charge is 2.33. The van der Waals surface area contributed by atoms with Crippen LogP contribution in [-0.4, -0.2) is 45.5 Å². The summed E-state index contributed by atoms with van der Waals surface area (Å²) in [6.07, 6.45) is -4.74. The Morgan fingerprint density at radius 3 is 2.41 bits per heavy atom. The highest BCUT2D eigenvalue weighted by Crippen LogP contribution is 2.34. The molecule has 2 aromatic rings. The highest BCUT2D eigenvalue weighted by molar-refractivity contribution is 7.92. The van der Waals surface area contributed by atoms with Crippen LogP contribution in [0.5, 0.6) is 0 Å². The number of amides is 1. The number of alkyl halides is 3. The molecule has 2 aromatic carbocycles. The Balaban J connectivity index is 1.95. The molecule has 0 unspecified atom stereocenters. The molecule has 3 rings (SSSR count). The van der Waals surface area contributed by atoms with Crippen LogP contribution in [0.1, 0.15) is 15.9 Å². The second-order valence-electron chi connectivity index (χ2n) is 6.20. The van der Waals surface area contributed by atoms with Crippen LogP contribution in [0.15, 0.2) is 47.4 Å². The number of halogens is 4. The van der Waals surface area contributed by atoms with Crippen molar-refractivity contribution in [3.8, 4) is 0 Å². The van der Waals surface area contributed by atoms with Gasteiger partial charge in [0.2, 0.25) is 0 Å². The van der Waals surface area contributed by atoms with Crippen molar-refractivity contribution in [3.05, 3.63) is 58.6 Å². The van der Waals surface area contributed by atoms with E-state index in [1.54, 1.807) is 6.07 Å². The molecule has 1 saturated heterocycles. The number of anilines is 1. The number of nitrogens with zero attached hydrogens (tertiary/aromatic N) is 1. The molecule has 1 fully saturated rings. The van der Waals surface area contributed by atoms with E-state index in [2.05, 4.69) is 4.72 Å². The van der Waals surface area contributed by atoms with Gasteiger partial charge in [-0.3, -0.25) is 9.52 Å². The molecule has 0 aliphatic carbocycles. The fourth-order valence-electron chi connectivity index (χ4n) is 2.78. The zero-order chi connectivity index (χ0) is 21.2. The van der Waals surface area contributed by atoms with Crippen molar-refractivity contribution in [3.63, 3.8) is 0 Å². The standard InChI is InChI=1S/C18H16ClF3N2O4S/c19-14-6-5-12(18(20,21)22)11-16(14)29(26,27)23-15-4-2-1-3-13(15)17(25)24-7-9-28-10-8-24/h1-6,11,23H,7-10H2. The predicted molar refractivity (Wildman–Crippen MR) is 100 cm³/mol. The molecule has 0 atom stereocenters. The molecule has 0 spiro atoms. The Morgan fingerprint density at radius 1 is 1.10 bits per heavy atom. The molecule has 6 nitrogen and oxygen atoms in total. The molecule has 29 heavy (non-hydrogen) atoms. The van der Waals surface area contributed by atoms with Crippen molar-refractivity contribution in [1.82, 2.24) is 4.90 Å². The number of hydrogen-bond acceptors (Lipinski definition) is 4. The number of ether oxygens (including phenoxy) is 1. The predicted octanol–water partition coefficient (Wildman–Crippen LogP) is 3.63. The summed E-state index contributed by atoms with van der Waals surface area (Å²) in [6, 6.07) is 7.86. The topological polar surface area (TPSA) is 75.7 Å². The zero-order valence-electron chi connectivity index (χ0n) is 14.9. The van der Waals surface area contributed by atoms with Gasteiger partial charge >= 0.3 is 6.18 Å². The number of hydrogen-bond donors (Lipinski definition) is 1. The first-order valence-electron chi connectivity index (χ1n) is 8.45. The van der Waals surface area contributed by atoms with Crippen LogP contribution in [-0.2, 0) is 20.9 Å². The van der Waals surface area contributed by atoms with Gasteiger partial charge in [-0.25, -0.2) is 8.42 Å². The first-order valence-corrected chi connectivity index (χ1v) is 10.3. The molecule has 1 aliphatic rings. The summed E-state index contributed by atoms with van der Waals surface area (Å²) >= 11 is 5.85. The maximum atomic E-state index is 13.0. The average Bonchev–Trinajstić information content (AvgIpc) is 2.67. The van der Waals surface area contributed by atoms with Gasteiger partial charge in [0, 0.05) is 13.1 Å². The van der Waals surface area contributed by atoms with Gasteiger partial charge in [-0.2, -0.15) is 13.2 Å². The number of benzene rings is 2. The maximum absolute atomic E-state index is 13.0. The minimum Gasteiger partial charge on any atom is -0.378 e. The molecule has 0 radical (unpaired) electrons. The van der Waals surface area contributed by atoms with Gasteiger partial charge in [-0.1, -0.05) is 23.7 Å². The maximum Gasteiger partial charge on any atom is 0.416 e. The first-order chi connectivity index (χ1) is 13.6. The number of nitrogens with one attached hydrogen (secondary N) is 1. The summed E-state index contributed by atoms with van der Waals surface area (Å²) in [5.41, 5.74) is -1.14. The van der Waals surface area contributed by atoms with Gasteiger partial charge in [0.05, 0.1) is 35.1 Å². The molecule has 156 valence electrons. The average molecular weight is 449 g/mol. The monoisotopic (exact) mass is 448 g/mol. The van der Waals surface area contributed by atoms with Crippen LogP contribution >= 0.6 is 11.6 Å². The van der Waals surface area contributed by atoms with Crippen LogP contribution < -0.4 is 4.72 Å². The number of morpholine rings is 1. The molecule has 0 aromatic heterocycles. The van der Waals surface area contributed by atoms with Crippen molar-refractivity contribution in [2.45, 2.75) is 11.1 Å². The fraction of sp³-hybridized carbons (Fsp3) is 0.278. The van der Waals surface area contributed by atoms with Crippen LogP contribution in [0, 0.1) is 0 Å². The summed E-state index contributed by atoms with van der Waals surface area (Å²) < 4.78 is 71.8. The number of rotatable bonds is 4. The quantitative estimate of drug-likeness (QED) is 0.775. The Bertz CT molecular complexity index is 1020. The molecule has 0 saturated carbocycles. The normalized spacial score (nSPS) is 15.2. The highest BCUT2D eigenvalue weighted by atomic mass is 35.5. The lowest BCUT2D eigenvalue weighted by molar-refractivity contribution is -0.137. The summed E-state index contributed by atoms with van der Waals surface area (Å²) in [4.78, 5) is 13.5. The van der Waals surface area contributed by atoms with E-state index in [0.29, 0.717) is 38.4 Å². The number of sulfonamides is 1. The zero-order valence-corrected chi connectivity index (χ0v) is 16.4. The Hall–Kier alpha value is -2.30. The lowest BCUT2D eigenvalue weighted by atomic mass is 10.1. The SMILES string of the molecule is O=C(c1ccccc1NS(=O)(=O)c1cc(C(F)(F)F)ccc1Cl)N1CCOCC1. The van der Waals surface area contributed by atoms with Crippen LogP contribution in [0.4, 0.5) is 18.9 Å². The first kappa shape index (κ1) is 21.4. The lowest BCUT2D eigenvalue weighted by Gasteiger charge is -2.27. The van der Waals surface area contributed by atoms with Crippen molar-refractivity contribution < 1.29 is 31.1 Å². The number of para-hydroxylation sites is 1. The largest absolute Gasteiger partial charge is 0.416 e. The van der Waals surface area contributed by atoms with Crippen LogP contribution in [0.25, 0.3) is 0 Å². The van der Waals surface area contributed by atoms with E-state index in [9.17, 15) is 26.4 Å². The van der Waals surface area contributed by atoms with Crippen LogP contribution in [0.2, 0.25) is 5.02 Å². The smallest absolute Gasteiger partial charge is 0.378 e. The molecular weight excluding hydrogens is 433 g/mol. The Labute approximate surface area is 170 Å². The van der Waals surface area contributed by atoms with Gasteiger partial charge in [-0.15, -0.1) is 0 Å². The van der Waals surface area contributed by atoms with Gasteiger partial charge < -0.3 is 9.64 Å². The summed E-state index contributed by atoms with van der Waals surface area (Å²) in [5, 5.41) is -0.373. The second-order valence-corrected chi connectivity index (χ2v) is 8.26. The third-order valence-electron chi connectivity index (χ3n) is 4.25. The Kier molecular flexibility index (Phi) is 6.06. The molecule has 1 amide bonds. The molecule has 1 N–H and O–H groups in total. The van der Waals surface area contributed by atoms with Gasteiger partial charge in [0.25, 0.3) is 15.9 Å². The van der Waals surface area contributed by atoms with E-state index in [1.165, 1.54) is 23.1 Å². The van der Waals surface area contributed by atoms with Gasteiger partial charge in [0.15, 0.2) is 0 Å². The summed E-state index contributed by atoms with van der Waals surface area (Å²) in [5.74, 6) is -0.415. The molecule has 11 heteroatoms. The fourth-order valence-corrected chi connectivity index (χ4v) is 4.39. The summed E-state index contributed by atoms with van der Waals surface area (Å²) in [6.45, 7) is 1.41. The van der Waals surface area contributed by atoms with E-state index in [4.69, 9.17) is 16.3 Å². The molecule has 1 heterocycles. The third kappa shape index (κ3) is 4.82. The van der Waals surface area contributed by atoms with E-state index in [1.807, 2.05) is 0 Å². The van der Waals surface area contributed by atoms with E-state index >= 15 is 0 Å².